The Morgan fingerprint density at radius 2 is 1.81 bits per heavy atom. The van der Waals surface area contributed by atoms with Crippen LogP contribution in [0.1, 0.15) is 25.0 Å². The largest absolute Gasteiger partial charge is 0.323 e. The molecule has 160 valence electrons. The molecular formula is C23H21ClFN3O3. The molecule has 31 heavy (non-hydrogen) atoms. The molecule has 2 saturated heterocycles. The summed E-state index contributed by atoms with van der Waals surface area (Å²) in [7, 11) is 0. The Hall–Kier alpha value is -2.77. The van der Waals surface area contributed by atoms with Gasteiger partial charge in [0.25, 0.3) is 0 Å². The first-order chi connectivity index (χ1) is 14.8. The number of carbonyl (C=O) groups is 3. The second-order valence-corrected chi connectivity index (χ2v) is 9.14. The maximum Gasteiger partial charge on any atom is 0.250 e. The highest BCUT2D eigenvalue weighted by atomic mass is 35.5. The summed E-state index contributed by atoms with van der Waals surface area (Å²) in [6, 6.07) is 10.5. The van der Waals surface area contributed by atoms with Crippen molar-refractivity contribution in [2.75, 3.05) is 5.32 Å². The number of benzene rings is 2. The molecule has 6 nitrogen and oxygen atoms in total. The first-order valence-electron chi connectivity index (χ1n) is 10.2. The molecule has 2 fully saturated rings. The van der Waals surface area contributed by atoms with Gasteiger partial charge in [0.2, 0.25) is 17.7 Å². The van der Waals surface area contributed by atoms with Crippen LogP contribution in [0.25, 0.3) is 0 Å². The molecule has 2 aromatic rings. The number of amides is 3. The quantitative estimate of drug-likeness (QED) is 0.717. The number of carbonyl (C=O) groups excluding carboxylic acids is 3. The fraction of sp³-hybridized carbons (Fsp3) is 0.348. The molecular weight excluding hydrogens is 421 g/mol. The molecule has 0 unspecified atom stereocenters. The van der Waals surface area contributed by atoms with E-state index in [1.54, 1.807) is 30.3 Å². The number of rotatable bonds is 3. The van der Waals surface area contributed by atoms with Gasteiger partial charge in [-0.3, -0.25) is 24.6 Å². The van der Waals surface area contributed by atoms with Crippen LogP contribution in [0.15, 0.2) is 42.5 Å². The lowest BCUT2D eigenvalue weighted by Crippen LogP contribution is -2.53. The number of fused-ring (bicyclic) bond motifs is 4. The third-order valence-corrected chi connectivity index (χ3v) is 7.01. The highest BCUT2D eigenvalue weighted by molar-refractivity contribution is 6.35. The van der Waals surface area contributed by atoms with Crippen molar-refractivity contribution in [3.05, 3.63) is 64.4 Å². The molecule has 2 N–H and O–H groups in total. The van der Waals surface area contributed by atoms with Gasteiger partial charge < -0.3 is 5.32 Å². The maximum atomic E-state index is 13.6. The Labute approximate surface area is 183 Å². The summed E-state index contributed by atoms with van der Waals surface area (Å²) >= 11 is 6.32. The second-order valence-electron chi connectivity index (χ2n) is 8.73. The van der Waals surface area contributed by atoms with E-state index in [1.165, 1.54) is 17.0 Å². The number of hydrogen-bond acceptors (Lipinski definition) is 4. The molecule has 4 atom stereocenters. The van der Waals surface area contributed by atoms with Gasteiger partial charge in [0.1, 0.15) is 11.4 Å². The van der Waals surface area contributed by atoms with Gasteiger partial charge in [-0.1, -0.05) is 49.7 Å². The van der Waals surface area contributed by atoms with Crippen molar-refractivity contribution in [3.63, 3.8) is 0 Å². The lowest BCUT2D eigenvalue weighted by Gasteiger charge is -2.30. The van der Waals surface area contributed by atoms with E-state index in [-0.39, 0.29) is 36.1 Å². The highest BCUT2D eigenvalue weighted by Crippen LogP contribution is 2.55. The number of nitrogens with one attached hydrogen (secondary N) is 2. The number of nitrogens with zero attached hydrogens (tertiary/aromatic N) is 1. The number of likely N-dealkylation sites (tertiary alicyclic amines) is 1. The summed E-state index contributed by atoms with van der Waals surface area (Å²) in [6.45, 7) is 3.95. The SMILES string of the molecule is CC(C)[C@H]1N[C@]2(C(=O)Nc3c(Cl)cccc32)[C@H]2C(=O)N(Cc3ccc(F)cc3)C(=O)[C@H]12. The first kappa shape index (κ1) is 20.2. The number of imide groups is 1. The summed E-state index contributed by atoms with van der Waals surface area (Å²) < 4.78 is 13.3. The molecule has 0 saturated carbocycles. The van der Waals surface area contributed by atoms with Gasteiger partial charge in [-0.05, 0) is 29.7 Å². The molecule has 3 heterocycles. The van der Waals surface area contributed by atoms with Gasteiger partial charge >= 0.3 is 0 Å². The van der Waals surface area contributed by atoms with Crippen molar-refractivity contribution in [1.29, 1.82) is 0 Å². The van der Waals surface area contributed by atoms with E-state index in [0.717, 1.165) is 0 Å². The standard InChI is InChI=1S/C23H21ClFN3O3/c1-11(2)18-16-17(21(30)28(20(16)29)10-12-6-8-13(25)9-7-12)23(27-18)14-4-3-5-15(24)19(14)26-22(23)31/h3-9,11,16-18,27H,10H2,1-2H3,(H,26,31)/t16-,17+,18+,23-/m0/s1. The average molecular weight is 442 g/mol. The van der Waals surface area contributed by atoms with Crippen molar-refractivity contribution in [3.8, 4) is 0 Å². The van der Waals surface area contributed by atoms with Crippen LogP contribution in [0.2, 0.25) is 5.02 Å². The number of halogens is 2. The zero-order valence-corrected chi connectivity index (χ0v) is 17.7. The third-order valence-electron chi connectivity index (χ3n) is 6.70. The molecule has 8 heteroatoms. The molecule has 2 aromatic carbocycles. The number of hydrogen-bond donors (Lipinski definition) is 2. The fourth-order valence-corrected chi connectivity index (χ4v) is 5.51. The van der Waals surface area contributed by atoms with Gasteiger partial charge in [0, 0.05) is 11.6 Å². The monoisotopic (exact) mass is 441 g/mol. The Kier molecular flexibility index (Phi) is 4.46. The van der Waals surface area contributed by atoms with Crippen LogP contribution in [0.5, 0.6) is 0 Å². The lowest BCUT2D eigenvalue weighted by atomic mass is 9.76. The summed E-state index contributed by atoms with van der Waals surface area (Å²) in [4.78, 5) is 41.6. The summed E-state index contributed by atoms with van der Waals surface area (Å²) in [6.07, 6.45) is 0. The van der Waals surface area contributed by atoms with Crippen LogP contribution in [-0.4, -0.2) is 28.7 Å². The summed E-state index contributed by atoms with van der Waals surface area (Å²) in [5.74, 6) is -3.04. The van der Waals surface area contributed by atoms with Crippen LogP contribution >= 0.6 is 11.6 Å². The van der Waals surface area contributed by atoms with E-state index in [2.05, 4.69) is 10.6 Å². The van der Waals surface area contributed by atoms with Crippen LogP contribution < -0.4 is 10.6 Å². The molecule has 3 aliphatic heterocycles. The molecule has 3 aliphatic rings. The normalized spacial score (nSPS) is 29.1. The lowest BCUT2D eigenvalue weighted by molar-refractivity contribution is -0.143. The topological polar surface area (TPSA) is 78.5 Å². The van der Waals surface area contributed by atoms with Crippen molar-refractivity contribution in [2.24, 2.45) is 17.8 Å². The molecule has 3 amide bonds. The van der Waals surface area contributed by atoms with E-state index in [4.69, 9.17) is 11.6 Å². The van der Waals surface area contributed by atoms with Crippen LogP contribution in [0, 0.1) is 23.6 Å². The number of anilines is 1. The van der Waals surface area contributed by atoms with E-state index < -0.39 is 23.3 Å². The Morgan fingerprint density at radius 1 is 1.10 bits per heavy atom. The minimum absolute atomic E-state index is 0.00503. The van der Waals surface area contributed by atoms with Gasteiger partial charge in [-0.25, -0.2) is 4.39 Å². The molecule has 0 radical (unpaired) electrons. The second kappa shape index (κ2) is 6.87. The average Bonchev–Trinajstić information content (AvgIpc) is 3.32. The molecule has 5 rings (SSSR count). The number of para-hydroxylation sites is 1. The maximum absolute atomic E-state index is 13.6. The van der Waals surface area contributed by atoms with E-state index in [1.807, 2.05) is 13.8 Å². The van der Waals surface area contributed by atoms with Crippen LogP contribution in [-0.2, 0) is 26.5 Å². The van der Waals surface area contributed by atoms with Crippen molar-refractivity contribution in [1.82, 2.24) is 10.2 Å². The highest BCUT2D eigenvalue weighted by Gasteiger charge is 2.70. The van der Waals surface area contributed by atoms with Gasteiger partial charge in [0.05, 0.1) is 29.1 Å². The van der Waals surface area contributed by atoms with Crippen molar-refractivity contribution in [2.45, 2.75) is 32.0 Å². The first-order valence-corrected chi connectivity index (χ1v) is 10.6. The van der Waals surface area contributed by atoms with E-state index in [0.29, 0.717) is 21.8 Å². The summed E-state index contributed by atoms with van der Waals surface area (Å²) in [5.41, 5.74) is 0.352. The van der Waals surface area contributed by atoms with E-state index in [9.17, 15) is 18.8 Å². The van der Waals surface area contributed by atoms with E-state index >= 15 is 0 Å². The smallest absolute Gasteiger partial charge is 0.250 e. The molecule has 0 bridgehead atoms. The Morgan fingerprint density at radius 3 is 2.48 bits per heavy atom. The molecule has 0 aromatic heterocycles. The fourth-order valence-electron chi connectivity index (χ4n) is 5.29. The Balaban J connectivity index is 1.61. The van der Waals surface area contributed by atoms with Crippen molar-refractivity contribution >= 4 is 35.0 Å². The summed E-state index contributed by atoms with van der Waals surface area (Å²) in [5, 5.41) is 6.57. The van der Waals surface area contributed by atoms with Gasteiger partial charge in [-0.15, -0.1) is 0 Å². The zero-order valence-electron chi connectivity index (χ0n) is 17.0. The van der Waals surface area contributed by atoms with Gasteiger partial charge in [-0.2, -0.15) is 0 Å². The minimum Gasteiger partial charge on any atom is -0.323 e. The molecule has 0 aliphatic carbocycles. The van der Waals surface area contributed by atoms with Gasteiger partial charge in [0.15, 0.2) is 0 Å². The van der Waals surface area contributed by atoms with Crippen molar-refractivity contribution < 1.29 is 18.8 Å². The van der Waals surface area contributed by atoms with Crippen LogP contribution in [0.4, 0.5) is 10.1 Å². The zero-order chi connectivity index (χ0) is 22.1. The minimum atomic E-state index is -1.36. The van der Waals surface area contributed by atoms with Crippen LogP contribution in [0.3, 0.4) is 0 Å². The molecule has 1 spiro atoms. The predicted molar refractivity (Wildman–Crippen MR) is 112 cm³/mol. The Bertz CT molecular complexity index is 1120. The third kappa shape index (κ3) is 2.69. The predicted octanol–water partition coefficient (Wildman–Crippen LogP) is 3.06.